The first-order valence-electron chi connectivity index (χ1n) is 3.16. The fourth-order valence-corrected chi connectivity index (χ4v) is 1.03. The first-order chi connectivity index (χ1) is 5.15. The van der Waals surface area contributed by atoms with E-state index in [9.17, 15) is 4.79 Å². The van der Waals surface area contributed by atoms with Gasteiger partial charge in [-0.05, 0) is 24.6 Å². The number of benzene rings is 1. The van der Waals surface area contributed by atoms with Gasteiger partial charge in [0.15, 0.2) is 6.29 Å². The minimum atomic E-state index is 0.406. The highest BCUT2D eigenvalue weighted by Gasteiger charge is 2.01. The van der Waals surface area contributed by atoms with Crippen molar-refractivity contribution in [2.45, 2.75) is 6.92 Å². The topological polar surface area (TPSA) is 43.1 Å². The van der Waals surface area contributed by atoms with Gasteiger partial charge >= 0.3 is 0 Å². The molecule has 11 heavy (non-hydrogen) atoms. The largest absolute Gasteiger partial charge is 0.398 e. The summed E-state index contributed by atoms with van der Waals surface area (Å²) >= 11 is 5.69. The molecule has 1 rings (SSSR count). The number of aldehydes is 1. The summed E-state index contributed by atoms with van der Waals surface area (Å²) in [7, 11) is 0. The Morgan fingerprint density at radius 3 is 2.73 bits per heavy atom. The zero-order valence-electron chi connectivity index (χ0n) is 6.10. The third kappa shape index (κ3) is 1.52. The summed E-state index contributed by atoms with van der Waals surface area (Å²) in [6.45, 7) is 1.83. The van der Waals surface area contributed by atoms with Crippen LogP contribution < -0.4 is 5.73 Å². The number of anilines is 1. The number of hydrogen-bond acceptors (Lipinski definition) is 2. The lowest BCUT2D eigenvalue weighted by Gasteiger charge is -2.01. The van der Waals surface area contributed by atoms with E-state index in [4.69, 9.17) is 17.3 Å². The molecule has 1 aromatic rings. The smallest absolute Gasteiger partial charge is 0.151 e. The van der Waals surface area contributed by atoms with E-state index in [1.54, 1.807) is 12.1 Å². The highest BCUT2D eigenvalue weighted by atomic mass is 35.5. The average Bonchev–Trinajstić information content (AvgIpc) is 1.97. The molecule has 0 radical (unpaired) electrons. The Morgan fingerprint density at radius 2 is 2.18 bits per heavy atom. The van der Waals surface area contributed by atoms with E-state index in [1.165, 1.54) is 0 Å². The number of rotatable bonds is 1. The molecule has 0 saturated carbocycles. The zero-order chi connectivity index (χ0) is 8.43. The van der Waals surface area contributed by atoms with Crippen LogP contribution in [-0.2, 0) is 0 Å². The van der Waals surface area contributed by atoms with Crippen molar-refractivity contribution in [3.8, 4) is 0 Å². The van der Waals surface area contributed by atoms with E-state index in [-0.39, 0.29) is 0 Å². The molecule has 2 N–H and O–H groups in total. The maximum Gasteiger partial charge on any atom is 0.151 e. The molecule has 0 heterocycles. The predicted molar refractivity (Wildman–Crippen MR) is 46.0 cm³/mol. The fourth-order valence-electron chi connectivity index (χ4n) is 0.810. The lowest BCUT2D eigenvalue weighted by atomic mass is 10.1. The summed E-state index contributed by atoms with van der Waals surface area (Å²) in [6, 6.07) is 3.26. The number of nitrogens with two attached hydrogens (primary N) is 1. The van der Waals surface area contributed by atoms with Gasteiger partial charge in [-0.1, -0.05) is 11.6 Å². The van der Waals surface area contributed by atoms with Crippen molar-refractivity contribution in [1.29, 1.82) is 0 Å². The second-order valence-corrected chi connectivity index (χ2v) is 2.76. The minimum absolute atomic E-state index is 0.406. The molecule has 0 amide bonds. The molecule has 0 fully saturated rings. The van der Waals surface area contributed by atoms with Crippen molar-refractivity contribution in [3.63, 3.8) is 0 Å². The lowest BCUT2D eigenvalue weighted by molar-refractivity contribution is 0.112. The van der Waals surface area contributed by atoms with Crippen LogP contribution >= 0.6 is 11.6 Å². The molecule has 2 nitrogen and oxygen atoms in total. The van der Waals surface area contributed by atoms with Crippen LogP contribution in [-0.4, -0.2) is 6.29 Å². The van der Waals surface area contributed by atoms with Crippen LogP contribution in [0.15, 0.2) is 12.1 Å². The van der Waals surface area contributed by atoms with Crippen molar-refractivity contribution in [2.75, 3.05) is 5.73 Å². The SMILES string of the molecule is Cc1cc(C=O)c(Cl)cc1N. The van der Waals surface area contributed by atoms with Crippen molar-refractivity contribution in [2.24, 2.45) is 0 Å². The third-order valence-electron chi connectivity index (χ3n) is 1.51. The van der Waals surface area contributed by atoms with Gasteiger partial charge in [0.25, 0.3) is 0 Å². The quantitative estimate of drug-likeness (QED) is 0.517. The number of carbonyl (C=O) groups excluding carboxylic acids is 1. The maximum absolute atomic E-state index is 10.4. The Hall–Kier alpha value is -1.02. The van der Waals surface area contributed by atoms with E-state index in [2.05, 4.69) is 0 Å². The molecular weight excluding hydrogens is 162 g/mol. The molecule has 0 saturated heterocycles. The van der Waals surface area contributed by atoms with Crippen LogP contribution in [0.25, 0.3) is 0 Å². The van der Waals surface area contributed by atoms with E-state index in [0.717, 1.165) is 11.8 Å². The molecule has 0 aliphatic carbocycles. The summed E-state index contributed by atoms with van der Waals surface area (Å²) in [5.74, 6) is 0. The van der Waals surface area contributed by atoms with Gasteiger partial charge < -0.3 is 5.73 Å². The van der Waals surface area contributed by atoms with Crippen LogP contribution in [0, 0.1) is 6.92 Å². The van der Waals surface area contributed by atoms with Gasteiger partial charge in [-0.25, -0.2) is 0 Å². The van der Waals surface area contributed by atoms with E-state index in [1.807, 2.05) is 6.92 Å². The maximum atomic E-state index is 10.4. The minimum Gasteiger partial charge on any atom is -0.398 e. The third-order valence-corrected chi connectivity index (χ3v) is 1.84. The zero-order valence-corrected chi connectivity index (χ0v) is 6.85. The molecule has 3 heteroatoms. The number of halogens is 1. The first-order valence-corrected chi connectivity index (χ1v) is 3.53. The van der Waals surface area contributed by atoms with Gasteiger partial charge in [-0.3, -0.25) is 4.79 Å². The van der Waals surface area contributed by atoms with Crippen LogP contribution in [0.1, 0.15) is 15.9 Å². The van der Waals surface area contributed by atoms with Crippen LogP contribution in [0.4, 0.5) is 5.69 Å². The summed E-state index contributed by atoms with van der Waals surface area (Å²) in [5, 5.41) is 0.406. The van der Waals surface area contributed by atoms with Gasteiger partial charge in [0, 0.05) is 11.3 Å². The second-order valence-electron chi connectivity index (χ2n) is 2.35. The Kier molecular flexibility index (Phi) is 2.15. The lowest BCUT2D eigenvalue weighted by Crippen LogP contribution is -1.92. The van der Waals surface area contributed by atoms with Gasteiger partial charge in [-0.15, -0.1) is 0 Å². The Balaban J connectivity index is 3.31. The van der Waals surface area contributed by atoms with Crippen molar-refractivity contribution in [1.82, 2.24) is 0 Å². The Labute approximate surface area is 70.0 Å². The summed E-state index contributed by atoms with van der Waals surface area (Å²) in [6.07, 6.45) is 0.717. The van der Waals surface area contributed by atoms with Crippen LogP contribution in [0.2, 0.25) is 5.02 Å². The van der Waals surface area contributed by atoms with E-state index >= 15 is 0 Å². The van der Waals surface area contributed by atoms with Gasteiger partial charge in [-0.2, -0.15) is 0 Å². The van der Waals surface area contributed by atoms with Crippen molar-refractivity contribution in [3.05, 3.63) is 28.3 Å². The molecule has 0 bridgehead atoms. The van der Waals surface area contributed by atoms with Crippen LogP contribution in [0.5, 0.6) is 0 Å². The highest BCUT2D eigenvalue weighted by molar-refractivity contribution is 6.33. The molecule has 1 aromatic carbocycles. The average molecular weight is 170 g/mol. The molecule has 0 atom stereocenters. The normalized spacial score (nSPS) is 9.64. The predicted octanol–water partition coefficient (Wildman–Crippen LogP) is 2.04. The van der Waals surface area contributed by atoms with E-state index < -0.39 is 0 Å². The molecular formula is C8H8ClNO. The number of hydrogen-bond donors (Lipinski definition) is 1. The van der Waals surface area contributed by atoms with Gasteiger partial charge in [0.2, 0.25) is 0 Å². The monoisotopic (exact) mass is 169 g/mol. The Morgan fingerprint density at radius 1 is 1.55 bits per heavy atom. The molecule has 58 valence electrons. The number of nitrogen functional groups attached to an aromatic ring is 1. The number of carbonyl (C=O) groups is 1. The summed E-state index contributed by atoms with van der Waals surface area (Å²) in [5.41, 5.74) is 7.51. The van der Waals surface area contributed by atoms with Gasteiger partial charge in [0.1, 0.15) is 0 Å². The molecule has 0 spiro atoms. The van der Waals surface area contributed by atoms with Crippen LogP contribution in [0.3, 0.4) is 0 Å². The highest BCUT2D eigenvalue weighted by Crippen LogP contribution is 2.20. The second kappa shape index (κ2) is 2.93. The molecule has 0 aromatic heterocycles. The molecule has 0 unspecified atom stereocenters. The summed E-state index contributed by atoms with van der Waals surface area (Å²) < 4.78 is 0. The Bertz CT molecular complexity index is 296. The van der Waals surface area contributed by atoms with Gasteiger partial charge in [0.05, 0.1) is 5.02 Å². The van der Waals surface area contributed by atoms with Crippen molar-refractivity contribution >= 4 is 23.6 Å². The molecule has 0 aliphatic rings. The van der Waals surface area contributed by atoms with E-state index in [0.29, 0.717) is 16.3 Å². The molecule has 0 aliphatic heterocycles. The van der Waals surface area contributed by atoms with Crippen molar-refractivity contribution < 1.29 is 4.79 Å². The number of aryl methyl sites for hydroxylation is 1. The fraction of sp³-hybridized carbons (Fsp3) is 0.125. The first kappa shape index (κ1) is 8.08. The standard InChI is InChI=1S/C8H8ClNO/c1-5-2-6(4-11)7(9)3-8(5)10/h2-4H,10H2,1H3. The summed E-state index contributed by atoms with van der Waals surface area (Å²) in [4.78, 5) is 10.4.